The van der Waals surface area contributed by atoms with Gasteiger partial charge in [0.1, 0.15) is 5.82 Å². The number of carboxylic acids is 1. The molecule has 2 aromatic rings. The van der Waals surface area contributed by atoms with Crippen molar-refractivity contribution in [3.63, 3.8) is 0 Å². The summed E-state index contributed by atoms with van der Waals surface area (Å²) in [6, 6.07) is 6.44. The Labute approximate surface area is 192 Å². The molecule has 2 fully saturated rings. The molecule has 3 heterocycles. The largest absolute Gasteiger partial charge is 0.490 e. The van der Waals surface area contributed by atoms with E-state index in [1.165, 1.54) is 12.1 Å². The number of likely N-dealkylation sites (tertiary alicyclic amines) is 1. The van der Waals surface area contributed by atoms with Crippen molar-refractivity contribution in [1.82, 2.24) is 14.9 Å². The molecule has 4 rings (SSSR count). The van der Waals surface area contributed by atoms with E-state index >= 15 is 0 Å². The summed E-state index contributed by atoms with van der Waals surface area (Å²) < 4.78 is 45.0. The molecule has 0 bridgehead atoms. The third kappa shape index (κ3) is 5.70. The van der Waals surface area contributed by atoms with Gasteiger partial charge in [-0.1, -0.05) is 17.7 Å². The lowest BCUT2D eigenvalue weighted by Gasteiger charge is -2.26. The van der Waals surface area contributed by atoms with Gasteiger partial charge < -0.3 is 14.9 Å². The van der Waals surface area contributed by atoms with Crippen molar-refractivity contribution in [2.45, 2.75) is 51.5 Å². The molecule has 0 radical (unpaired) electrons. The summed E-state index contributed by atoms with van der Waals surface area (Å²) in [5.74, 6) is -2.34. The van der Waals surface area contributed by atoms with E-state index in [1.807, 2.05) is 24.8 Å². The molecule has 12 heteroatoms. The molecule has 7 nitrogen and oxygen atoms in total. The van der Waals surface area contributed by atoms with Gasteiger partial charge in [0.25, 0.3) is 0 Å². The van der Waals surface area contributed by atoms with Crippen LogP contribution in [-0.2, 0) is 16.1 Å². The van der Waals surface area contributed by atoms with E-state index in [0.717, 1.165) is 29.9 Å². The molecule has 0 saturated carbocycles. The fraction of sp³-hybridized carbons (Fsp3) is 0.429. The lowest BCUT2D eigenvalue weighted by atomic mass is 10.1. The van der Waals surface area contributed by atoms with E-state index in [-0.39, 0.29) is 23.8 Å². The molecule has 0 unspecified atom stereocenters. The minimum Gasteiger partial charge on any atom is -0.475 e. The van der Waals surface area contributed by atoms with Crippen molar-refractivity contribution in [2.24, 2.45) is 0 Å². The zero-order valence-electron chi connectivity index (χ0n) is 17.7. The highest BCUT2D eigenvalue weighted by atomic mass is 35.5. The predicted octanol–water partition coefficient (Wildman–Crippen LogP) is 3.90. The molecule has 178 valence electrons. The molecule has 1 amide bonds. The number of hydrogen-bond acceptors (Lipinski definition) is 5. The number of nitrogens with zero attached hydrogens (tertiary/aromatic N) is 4. The first-order valence-electron chi connectivity index (χ1n) is 9.99. The molecule has 2 aliphatic rings. The SMILES string of the molecule is Cc1cc(C)nc(N2CC[C@H]3[C@@H]2CC(=O)N3Cc2ccc(F)cc2Cl)n1.O=C(O)C(F)(F)F. The summed E-state index contributed by atoms with van der Waals surface area (Å²) in [6.07, 6.45) is -3.77. The molecule has 2 aliphatic heterocycles. The molecule has 1 N–H and O–H groups in total. The van der Waals surface area contributed by atoms with Crippen LogP contribution in [-0.4, -0.2) is 56.7 Å². The van der Waals surface area contributed by atoms with Crippen molar-refractivity contribution in [1.29, 1.82) is 0 Å². The van der Waals surface area contributed by atoms with Crippen LogP contribution in [0, 0.1) is 19.7 Å². The van der Waals surface area contributed by atoms with Gasteiger partial charge in [0.05, 0.1) is 12.1 Å². The van der Waals surface area contributed by atoms with Crippen LogP contribution in [0.2, 0.25) is 5.02 Å². The number of benzene rings is 1. The molecule has 0 aliphatic carbocycles. The van der Waals surface area contributed by atoms with Crippen LogP contribution in [0.15, 0.2) is 24.3 Å². The van der Waals surface area contributed by atoms with Crippen LogP contribution in [0.4, 0.5) is 23.5 Å². The second-order valence-corrected chi connectivity index (χ2v) is 8.24. The first kappa shape index (κ1) is 24.7. The van der Waals surface area contributed by atoms with Crippen molar-refractivity contribution >= 4 is 29.4 Å². The number of amides is 1. The number of rotatable bonds is 3. The quantitative estimate of drug-likeness (QED) is 0.659. The Hall–Kier alpha value is -2.95. The van der Waals surface area contributed by atoms with Crippen LogP contribution >= 0.6 is 11.6 Å². The Bertz CT molecular complexity index is 1050. The maximum Gasteiger partial charge on any atom is 0.490 e. The fourth-order valence-electron chi connectivity index (χ4n) is 4.05. The van der Waals surface area contributed by atoms with Gasteiger partial charge in [0, 0.05) is 35.9 Å². The molecule has 2 atom stereocenters. The molecule has 1 aromatic carbocycles. The van der Waals surface area contributed by atoms with Crippen molar-refractivity contribution in [3.8, 4) is 0 Å². The minimum atomic E-state index is -5.08. The van der Waals surface area contributed by atoms with Gasteiger partial charge in [-0.05, 0) is 44.0 Å². The first-order chi connectivity index (χ1) is 15.4. The second-order valence-electron chi connectivity index (χ2n) is 7.83. The third-order valence-electron chi connectivity index (χ3n) is 5.44. The number of carbonyl (C=O) groups excluding carboxylic acids is 1. The van der Waals surface area contributed by atoms with Crippen LogP contribution in [0.25, 0.3) is 0 Å². The Morgan fingerprint density at radius 1 is 1.18 bits per heavy atom. The van der Waals surface area contributed by atoms with E-state index in [0.29, 0.717) is 23.9 Å². The number of hydrogen-bond donors (Lipinski definition) is 1. The zero-order chi connectivity index (χ0) is 24.5. The molecular weight excluding hydrogens is 468 g/mol. The monoisotopic (exact) mass is 488 g/mol. The van der Waals surface area contributed by atoms with Crippen molar-refractivity contribution in [3.05, 3.63) is 52.1 Å². The van der Waals surface area contributed by atoms with Crippen LogP contribution in [0.5, 0.6) is 0 Å². The number of carboxylic acid groups (broad SMARTS) is 1. The van der Waals surface area contributed by atoms with Crippen LogP contribution in [0.3, 0.4) is 0 Å². The van der Waals surface area contributed by atoms with Crippen LogP contribution in [0.1, 0.15) is 29.8 Å². The molecule has 33 heavy (non-hydrogen) atoms. The Balaban J connectivity index is 0.000000383. The number of anilines is 1. The van der Waals surface area contributed by atoms with Crippen molar-refractivity contribution in [2.75, 3.05) is 11.4 Å². The summed E-state index contributed by atoms with van der Waals surface area (Å²) in [5.41, 5.74) is 2.62. The number of aryl methyl sites for hydroxylation is 2. The molecule has 0 spiro atoms. The molecule has 1 aromatic heterocycles. The van der Waals surface area contributed by atoms with Gasteiger partial charge in [0.2, 0.25) is 11.9 Å². The Morgan fingerprint density at radius 2 is 1.79 bits per heavy atom. The summed E-state index contributed by atoms with van der Waals surface area (Å²) in [7, 11) is 0. The van der Waals surface area contributed by atoms with Gasteiger partial charge in [-0.2, -0.15) is 13.2 Å². The van der Waals surface area contributed by atoms with E-state index < -0.39 is 12.1 Å². The lowest BCUT2D eigenvalue weighted by Crippen LogP contribution is -2.37. The maximum absolute atomic E-state index is 13.3. The van der Waals surface area contributed by atoms with E-state index in [9.17, 15) is 22.4 Å². The Kier molecular flexibility index (Phi) is 7.11. The number of alkyl halides is 3. The fourth-order valence-corrected chi connectivity index (χ4v) is 4.28. The first-order valence-corrected chi connectivity index (χ1v) is 10.4. The van der Waals surface area contributed by atoms with E-state index in [1.54, 1.807) is 6.07 Å². The number of aliphatic carboxylic acids is 1. The molecule has 2 saturated heterocycles. The molecular formula is C21H21ClF4N4O3. The highest BCUT2D eigenvalue weighted by Gasteiger charge is 2.47. The second kappa shape index (κ2) is 9.50. The summed E-state index contributed by atoms with van der Waals surface area (Å²) in [5, 5.41) is 7.48. The highest BCUT2D eigenvalue weighted by Crippen LogP contribution is 2.36. The number of aromatic nitrogens is 2. The van der Waals surface area contributed by atoms with E-state index in [2.05, 4.69) is 14.9 Å². The third-order valence-corrected chi connectivity index (χ3v) is 5.79. The summed E-state index contributed by atoms with van der Waals surface area (Å²) in [4.78, 5) is 34.6. The zero-order valence-corrected chi connectivity index (χ0v) is 18.5. The van der Waals surface area contributed by atoms with Gasteiger partial charge in [-0.3, -0.25) is 4.79 Å². The maximum atomic E-state index is 13.3. The average Bonchev–Trinajstić information content (AvgIpc) is 3.22. The van der Waals surface area contributed by atoms with Gasteiger partial charge in [-0.25, -0.2) is 19.2 Å². The topological polar surface area (TPSA) is 86.6 Å². The average molecular weight is 489 g/mol. The Morgan fingerprint density at radius 3 is 2.33 bits per heavy atom. The predicted molar refractivity (Wildman–Crippen MR) is 111 cm³/mol. The summed E-state index contributed by atoms with van der Waals surface area (Å²) >= 11 is 6.15. The minimum absolute atomic E-state index is 0.0722. The normalized spacial score (nSPS) is 19.9. The van der Waals surface area contributed by atoms with Crippen LogP contribution < -0.4 is 4.90 Å². The van der Waals surface area contributed by atoms with Crippen molar-refractivity contribution < 1.29 is 32.3 Å². The number of halogens is 5. The van der Waals surface area contributed by atoms with Gasteiger partial charge in [-0.15, -0.1) is 0 Å². The van der Waals surface area contributed by atoms with E-state index in [4.69, 9.17) is 21.5 Å². The highest BCUT2D eigenvalue weighted by molar-refractivity contribution is 6.31. The number of fused-ring (bicyclic) bond motifs is 1. The van der Waals surface area contributed by atoms with Gasteiger partial charge >= 0.3 is 12.1 Å². The lowest BCUT2D eigenvalue weighted by molar-refractivity contribution is -0.192. The smallest absolute Gasteiger partial charge is 0.475 e. The number of carbonyl (C=O) groups is 2. The summed E-state index contributed by atoms with van der Waals surface area (Å²) in [6.45, 7) is 5.13. The standard InChI is InChI=1S/C19H20ClFN4O.C2HF3O2/c1-11-7-12(2)23-19(22-11)24-6-5-16-17(24)9-18(26)25(16)10-13-3-4-14(21)8-15(13)20;3-2(4,5)1(6)7/h3-4,7-8,16-17H,5-6,9-10H2,1-2H3;(H,6,7)/t16-,17-;/m0./s1. The van der Waals surface area contributed by atoms with Gasteiger partial charge in [0.15, 0.2) is 0 Å².